The molecule has 0 bridgehead atoms. The lowest BCUT2D eigenvalue weighted by Crippen LogP contribution is -2.12. The van der Waals surface area contributed by atoms with Crippen LogP contribution < -0.4 is 10.1 Å². The van der Waals surface area contributed by atoms with Crippen LogP contribution in [0.4, 0.5) is 5.82 Å². The second kappa shape index (κ2) is 9.81. The highest BCUT2D eigenvalue weighted by Crippen LogP contribution is 2.25. The van der Waals surface area contributed by atoms with E-state index in [1.807, 2.05) is 37.3 Å². The van der Waals surface area contributed by atoms with Gasteiger partial charge in [-0.05, 0) is 70.4 Å². The second-order valence-corrected chi connectivity index (χ2v) is 8.77. The molecule has 6 nitrogen and oxygen atoms in total. The molecule has 4 aromatic rings. The SMILES string of the molecule is Cc1cccc(OCc2ccc(C(=O)Nc3nn(Cc4ccc(Cl)c(Cl)c4)cc3Br)o2)c1. The summed E-state index contributed by atoms with van der Waals surface area (Å²) in [6.07, 6.45) is 1.77. The number of furan rings is 1. The Bertz CT molecular complexity index is 1270. The maximum absolute atomic E-state index is 12.6. The van der Waals surface area contributed by atoms with Crippen molar-refractivity contribution in [3.63, 3.8) is 0 Å². The minimum absolute atomic E-state index is 0.166. The van der Waals surface area contributed by atoms with Crippen molar-refractivity contribution in [1.82, 2.24) is 9.78 Å². The predicted molar refractivity (Wildman–Crippen MR) is 128 cm³/mol. The first kappa shape index (κ1) is 22.5. The zero-order valence-electron chi connectivity index (χ0n) is 16.9. The van der Waals surface area contributed by atoms with Crippen LogP contribution in [0.25, 0.3) is 0 Å². The number of anilines is 1. The summed E-state index contributed by atoms with van der Waals surface area (Å²) >= 11 is 15.5. The van der Waals surface area contributed by atoms with Crippen molar-refractivity contribution in [3.8, 4) is 5.75 Å². The molecule has 164 valence electrons. The number of carbonyl (C=O) groups is 1. The van der Waals surface area contributed by atoms with E-state index in [2.05, 4.69) is 26.3 Å². The number of rotatable bonds is 7. The lowest BCUT2D eigenvalue weighted by atomic mass is 10.2. The normalized spacial score (nSPS) is 10.9. The first-order chi connectivity index (χ1) is 15.4. The molecule has 0 aliphatic heterocycles. The van der Waals surface area contributed by atoms with E-state index in [-0.39, 0.29) is 12.4 Å². The lowest BCUT2D eigenvalue weighted by Gasteiger charge is -2.05. The summed E-state index contributed by atoms with van der Waals surface area (Å²) in [7, 11) is 0. The van der Waals surface area contributed by atoms with Crippen LogP contribution in [0.5, 0.6) is 5.75 Å². The molecule has 0 saturated heterocycles. The molecule has 0 atom stereocenters. The van der Waals surface area contributed by atoms with Crippen molar-refractivity contribution >= 4 is 50.9 Å². The van der Waals surface area contributed by atoms with Gasteiger partial charge in [-0.15, -0.1) is 0 Å². The molecule has 0 saturated carbocycles. The van der Waals surface area contributed by atoms with Gasteiger partial charge in [0.1, 0.15) is 18.1 Å². The number of nitrogens with one attached hydrogen (secondary N) is 1. The first-order valence-electron chi connectivity index (χ1n) is 9.64. The van der Waals surface area contributed by atoms with Crippen molar-refractivity contribution in [2.24, 2.45) is 0 Å². The Kier molecular flexibility index (Phi) is 6.89. The van der Waals surface area contributed by atoms with Crippen molar-refractivity contribution < 1.29 is 13.9 Å². The molecule has 0 aliphatic carbocycles. The molecule has 2 aromatic heterocycles. The molecule has 1 N–H and O–H groups in total. The molecule has 0 radical (unpaired) electrons. The Balaban J connectivity index is 1.38. The number of ether oxygens (including phenoxy) is 1. The lowest BCUT2D eigenvalue weighted by molar-refractivity contribution is 0.0992. The van der Waals surface area contributed by atoms with Gasteiger partial charge in [-0.25, -0.2) is 0 Å². The molecule has 2 heterocycles. The minimum atomic E-state index is -0.410. The third-order valence-corrected chi connectivity index (χ3v) is 5.85. The van der Waals surface area contributed by atoms with Crippen LogP contribution in [-0.2, 0) is 13.2 Å². The molecule has 0 spiro atoms. The average molecular weight is 535 g/mol. The number of nitrogens with zero attached hydrogens (tertiary/aromatic N) is 2. The van der Waals surface area contributed by atoms with Crippen LogP contribution in [0.3, 0.4) is 0 Å². The molecule has 0 aliphatic rings. The number of carbonyl (C=O) groups excluding carboxylic acids is 1. The van der Waals surface area contributed by atoms with E-state index in [1.54, 1.807) is 35.1 Å². The van der Waals surface area contributed by atoms with E-state index >= 15 is 0 Å². The zero-order chi connectivity index (χ0) is 22.7. The van der Waals surface area contributed by atoms with Crippen LogP contribution in [0.2, 0.25) is 10.0 Å². The Morgan fingerprint density at radius 2 is 2.00 bits per heavy atom. The monoisotopic (exact) mass is 533 g/mol. The van der Waals surface area contributed by atoms with Crippen molar-refractivity contribution in [2.75, 3.05) is 5.32 Å². The zero-order valence-corrected chi connectivity index (χ0v) is 20.0. The van der Waals surface area contributed by atoms with Gasteiger partial charge in [0.2, 0.25) is 0 Å². The van der Waals surface area contributed by atoms with Gasteiger partial charge in [-0.1, -0.05) is 41.4 Å². The van der Waals surface area contributed by atoms with Gasteiger partial charge < -0.3 is 14.5 Å². The number of hydrogen-bond acceptors (Lipinski definition) is 4. The fourth-order valence-electron chi connectivity index (χ4n) is 2.99. The highest BCUT2D eigenvalue weighted by molar-refractivity contribution is 9.10. The predicted octanol–water partition coefficient (Wildman–Crippen LogP) is 6.73. The third-order valence-electron chi connectivity index (χ3n) is 4.53. The van der Waals surface area contributed by atoms with Crippen molar-refractivity contribution in [3.05, 3.63) is 98.0 Å². The highest BCUT2D eigenvalue weighted by Gasteiger charge is 2.16. The topological polar surface area (TPSA) is 69.3 Å². The van der Waals surface area contributed by atoms with Gasteiger partial charge in [0, 0.05) is 6.20 Å². The van der Waals surface area contributed by atoms with Crippen molar-refractivity contribution in [2.45, 2.75) is 20.1 Å². The van der Waals surface area contributed by atoms with E-state index in [9.17, 15) is 4.79 Å². The number of amides is 1. The summed E-state index contributed by atoms with van der Waals surface area (Å²) in [5.74, 6) is 1.42. The van der Waals surface area contributed by atoms with E-state index in [1.165, 1.54) is 0 Å². The third kappa shape index (κ3) is 5.54. The minimum Gasteiger partial charge on any atom is -0.486 e. The molecule has 2 aromatic carbocycles. The molecule has 32 heavy (non-hydrogen) atoms. The largest absolute Gasteiger partial charge is 0.486 e. The summed E-state index contributed by atoms with van der Waals surface area (Å²) in [4.78, 5) is 12.6. The Labute approximate surface area is 203 Å². The quantitative estimate of drug-likeness (QED) is 0.285. The number of hydrogen-bond donors (Lipinski definition) is 1. The van der Waals surface area contributed by atoms with Gasteiger partial charge in [0.05, 0.1) is 21.1 Å². The second-order valence-electron chi connectivity index (χ2n) is 7.10. The van der Waals surface area contributed by atoms with E-state index < -0.39 is 5.91 Å². The molecular formula is C23H18BrCl2N3O3. The van der Waals surface area contributed by atoms with Crippen molar-refractivity contribution in [1.29, 1.82) is 0 Å². The number of halogens is 3. The van der Waals surface area contributed by atoms with Crippen LogP contribution >= 0.6 is 39.1 Å². The summed E-state index contributed by atoms with van der Waals surface area (Å²) in [6, 6.07) is 16.4. The maximum atomic E-state index is 12.6. The van der Waals surface area contributed by atoms with E-state index in [0.717, 1.165) is 16.9 Å². The Hall–Kier alpha value is -2.74. The standard InChI is InChI=1S/C23H18BrCl2N3O3/c1-14-3-2-4-16(9-14)31-13-17-6-8-21(32-17)23(30)27-22-18(24)12-29(28-22)11-15-5-7-19(25)20(26)10-15/h2-10,12H,11,13H2,1H3,(H,27,28,30). The summed E-state index contributed by atoms with van der Waals surface area (Å²) < 4.78 is 13.7. The van der Waals surface area contributed by atoms with Gasteiger partial charge >= 0.3 is 0 Å². The van der Waals surface area contributed by atoms with E-state index in [0.29, 0.717) is 32.6 Å². The Morgan fingerprint density at radius 3 is 2.78 bits per heavy atom. The number of benzene rings is 2. The molecule has 0 unspecified atom stereocenters. The van der Waals surface area contributed by atoms with Crippen LogP contribution in [0.1, 0.15) is 27.4 Å². The van der Waals surface area contributed by atoms with Gasteiger partial charge in [0.15, 0.2) is 11.6 Å². The fraction of sp³-hybridized carbons (Fsp3) is 0.130. The van der Waals surface area contributed by atoms with Gasteiger partial charge in [-0.3, -0.25) is 9.48 Å². The summed E-state index contributed by atoms with van der Waals surface area (Å²) in [6.45, 7) is 2.68. The summed E-state index contributed by atoms with van der Waals surface area (Å²) in [5, 5.41) is 8.13. The number of aryl methyl sites for hydroxylation is 1. The molecule has 4 rings (SSSR count). The maximum Gasteiger partial charge on any atom is 0.292 e. The highest BCUT2D eigenvalue weighted by atomic mass is 79.9. The van der Waals surface area contributed by atoms with Crippen LogP contribution in [0, 0.1) is 6.92 Å². The summed E-state index contributed by atoms with van der Waals surface area (Å²) in [5.41, 5.74) is 2.03. The molecule has 0 fully saturated rings. The van der Waals surface area contributed by atoms with Gasteiger partial charge in [0.25, 0.3) is 5.91 Å². The fourth-order valence-corrected chi connectivity index (χ4v) is 3.73. The Morgan fingerprint density at radius 1 is 1.16 bits per heavy atom. The molecule has 9 heteroatoms. The smallest absolute Gasteiger partial charge is 0.292 e. The van der Waals surface area contributed by atoms with Crippen LogP contribution in [-0.4, -0.2) is 15.7 Å². The molecular weight excluding hydrogens is 517 g/mol. The van der Waals surface area contributed by atoms with Gasteiger partial charge in [-0.2, -0.15) is 5.10 Å². The average Bonchev–Trinajstić information content (AvgIpc) is 3.36. The number of aromatic nitrogens is 2. The first-order valence-corrected chi connectivity index (χ1v) is 11.2. The van der Waals surface area contributed by atoms with E-state index in [4.69, 9.17) is 32.4 Å². The van der Waals surface area contributed by atoms with Crippen LogP contribution in [0.15, 0.2) is 69.7 Å². The molecule has 1 amide bonds.